The summed E-state index contributed by atoms with van der Waals surface area (Å²) in [4.78, 5) is 35.0. The summed E-state index contributed by atoms with van der Waals surface area (Å²) >= 11 is 0. The van der Waals surface area contributed by atoms with Crippen LogP contribution >= 0.6 is 0 Å². The van der Waals surface area contributed by atoms with Gasteiger partial charge in [-0.05, 0) is 30.7 Å². The van der Waals surface area contributed by atoms with Gasteiger partial charge in [0.1, 0.15) is 18.3 Å². The normalized spacial score (nSPS) is 14.1. The molecule has 2 aromatic carbocycles. The maximum absolute atomic E-state index is 12.6. The number of imidazole rings is 3. The summed E-state index contributed by atoms with van der Waals surface area (Å²) < 4.78 is 7.46. The minimum atomic E-state index is -0.317. The third-order valence-electron chi connectivity index (χ3n) is 6.43. The smallest absolute Gasteiger partial charge is 0.410 e. The molecule has 1 aliphatic heterocycles. The van der Waals surface area contributed by atoms with Crippen molar-refractivity contribution in [3.05, 3.63) is 95.9 Å². The molecule has 5 aromatic rings. The lowest BCUT2D eigenvalue weighted by Gasteiger charge is -2.25. The average Bonchev–Trinajstić information content (AvgIpc) is 3.65. The second-order valence-corrected chi connectivity index (χ2v) is 8.77. The van der Waals surface area contributed by atoms with Crippen LogP contribution in [0.2, 0.25) is 0 Å². The van der Waals surface area contributed by atoms with Crippen molar-refractivity contribution in [2.75, 3.05) is 6.54 Å². The molecule has 0 radical (unpaired) electrons. The highest BCUT2D eigenvalue weighted by molar-refractivity contribution is 5.77. The Bertz CT molecular complexity index is 1470. The molecule has 9 nitrogen and oxygen atoms in total. The van der Waals surface area contributed by atoms with Gasteiger partial charge in [-0.15, -0.1) is 0 Å². The summed E-state index contributed by atoms with van der Waals surface area (Å²) in [5.41, 5.74) is 5.79. The SMILES string of the molecule is CC(c1nc2c([nH]1)CCN(C(=O)OCc1ccccc1)C2)c1nc2cc(-n3ccnc3)ccc2[nH]1. The zero-order chi connectivity index (χ0) is 23.8. The van der Waals surface area contributed by atoms with Crippen molar-refractivity contribution in [2.24, 2.45) is 0 Å². The summed E-state index contributed by atoms with van der Waals surface area (Å²) in [6, 6.07) is 15.8. The number of rotatable bonds is 5. The molecule has 4 heterocycles. The number of fused-ring (bicyclic) bond motifs is 2. The molecule has 1 atom stereocenters. The molecule has 1 unspecified atom stereocenters. The molecule has 0 spiro atoms. The molecule has 3 aromatic heterocycles. The molecule has 0 aliphatic carbocycles. The highest BCUT2D eigenvalue weighted by atomic mass is 16.6. The molecule has 6 rings (SSSR count). The van der Waals surface area contributed by atoms with E-state index in [4.69, 9.17) is 14.7 Å². The van der Waals surface area contributed by atoms with Crippen molar-refractivity contribution >= 4 is 17.1 Å². The maximum Gasteiger partial charge on any atom is 0.410 e. The van der Waals surface area contributed by atoms with E-state index in [1.165, 1.54) is 0 Å². The van der Waals surface area contributed by atoms with Crippen molar-refractivity contribution < 1.29 is 9.53 Å². The largest absolute Gasteiger partial charge is 0.445 e. The third kappa shape index (κ3) is 4.16. The molecule has 0 saturated carbocycles. The first-order valence-electron chi connectivity index (χ1n) is 11.7. The van der Waals surface area contributed by atoms with E-state index in [1.54, 1.807) is 17.4 Å². The quantitative estimate of drug-likeness (QED) is 0.401. The fourth-order valence-corrected chi connectivity index (χ4v) is 4.40. The molecule has 1 amide bonds. The van der Waals surface area contributed by atoms with Crippen LogP contribution < -0.4 is 0 Å². The Hall–Kier alpha value is -4.40. The number of hydrogen-bond donors (Lipinski definition) is 2. The van der Waals surface area contributed by atoms with Gasteiger partial charge in [0.2, 0.25) is 0 Å². The van der Waals surface area contributed by atoms with Crippen LogP contribution in [0.3, 0.4) is 0 Å². The van der Waals surface area contributed by atoms with E-state index in [2.05, 4.69) is 21.9 Å². The van der Waals surface area contributed by atoms with E-state index >= 15 is 0 Å². The van der Waals surface area contributed by atoms with Gasteiger partial charge in [-0.25, -0.2) is 19.7 Å². The minimum absolute atomic E-state index is 0.0526. The number of aromatic amines is 2. The number of benzene rings is 2. The van der Waals surface area contributed by atoms with Crippen molar-refractivity contribution in [1.29, 1.82) is 0 Å². The Morgan fingerprint density at radius 1 is 1.11 bits per heavy atom. The third-order valence-corrected chi connectivity index (χ3v) is 6.43. The van der Waals surface area contributed by atoms with Crippen molar-refractivity contribution in [3.63, 3.8) is 0 Å². The molecule has 176 valence electrons. The number of aromatic nitrogens is 6. The van der Waals surface area contributed by atoms with Crippen LogP contribution in [-0.4, -0.2) is 47.0 Å². The summed E-state index contributed by atoms with van der Waals surface area (Å²) in [7, 11) is 0. The molecular formula is C26H25N7O2. The van der Waals surface area contributed by atoms with Crippen LogP contribution in [-0.2, 0) is 24.3 Å². The molecule has 2 N–H and O–H groups in total. The van der Waals surface area contributed by atoms with Crippen LogP contribution in [0, 0.1) is 0 Å². The Morgan fingerprint density at radius 3 is 2.80 bits per heavy atom. The molecular weight excluding hydrogens is 442 g/mol. The number of nitrogens with zero attached hydrogens (tertiary/aromatic N) is 5. The van der Waals surface area contributed by atoms with Crippen molar-refractivity contribution in [3.8, 4) is 5.69 Å². The first-order valence-corrected chi connectivity index (χ1v) is 11.7. The first-order chi connectivity index (χ1) is 17.1. The van der Waals surface area contributed by atoms with E-state index in [9.17, 15) is 4.79 Å². The summed E-state index contributed by atoms with van der Waals surface area (Å²) in [5.74, 6) is 1.62. The predicted molar refractivity (Wildman–Crippen MR) is 130 cm³/mol. The Morgan fingerprint density at radius 2 is 1.97 bits per heavy atom. The van der Waals surface area contributed by atoms with Gasteiger partial charge in [0.15, 0.2) is 0 Å². The van der Waals surface area contributed by atoms with Gasteiger partial charge < -0.3 is 24.2 Å². The highest BCUT2D eigenvalue weighted by Gasteiger charge is 2.27. The van der Waals surface area contributed by atoms with Gasteiger partial charge >= 0.3 is 6.09 Å². The number of carbonyl (C=O) groups is 1. The van der Waals surface area contributed by atoms with E-state index in [-0.39, 0.29) is 18.6 Å². The average molecular weight is 468 g/mol. The fourth-order valence-electron chi connectivity index (χ4n) is 4.40. The Balaban J connectivity index is 1.16. The van der Waals surface area contributed by atoms with Gasteiger partial charge in [-0.1, -0.05) is 30.3 Å². The van der Waals surface area contributed by atoms with E-state index < -0.39 is 0 Å². The summed E-state index contributed by atoms with van der Waals surface area (Å²) in [6.45, 7) is 3.37. The van der Waals surface area contributed by atoms with Crippen LogP contribution in [0.1, 0.15) is 41.4 Å². The number of H-pyrrole nitrogens is 2. The molecule has 0 fully saturated rings. The second kappa shape index (κ2) is 8.75. The number of nitrogens with one attached hydrogen (secondary N) is 2. The molecule has 9 heteroatoms. The van der Waals surface area contributed by atoms with Crippen LogP contribution in [0.25, 0.3) is 16.7 Å². The summed E-state index contributed by atoms with van der Waals surface area (Å²) in [5, 5.41) is 0. The van der Waals surface area contributed by atoms with Gasteiger partial charge in [0.25, 0.3) is 0 Å². The lowest BCUT2D eigenvalue weighted by molar-refractivity contribution is 0.0912. The van der Waals surface area contributed by atoms with Crippen LogP contribution in [0.15, 0.2) is 67.3 Å². The topological polar surface area (TPSA) is 105 Å². The molecule has 35 heavy (non-hydrogen) atoms. The lowest BCUT2D eigenvalue weighted by Crippen LogP contribution is -2.36. The lowest BCUT2D eigenvalue weighted by atomic mass is 10.1. The van der Waals surface area contributed by atoms with E-state index in [0.717, 1.165) is 45.3 Å². The van der Waals surface area contributed by atoms with Crippen LogP contribution in [0.5, 0.6) is 0 Å². The standard InChI is InChI=1S/C26H25N7O2/c1-17(24-28-20-8-7-19(13-22(20)30-24)33-12-10-27-16-33)25-29-21-9-11-32(14-23(21)31-25)26(34)35-15-18-5-3-2-4-6-18/h2-8,10,12-13,16-17H,9,11,14-15H2,1H3,(H,28,30)(H,29,31). The van der Waals surface area contributed by atoms with Gasteiger partial charge in [0, 0.05) is 36.7 Å². The van der Waals surface area contributed by atoms with Crippen LogP contribution in [0.4, 0.5) is 4.79 Å². The minimum Gasteiger partial charge on any atom is -0.445 e. The monoisotopic (exact) mass is 467 g/mol. The molecule has 0 saturated heterocycles. The van der Waals surface area contributed by atoms with Gasteiger partial charge in [0.05, 0.1) is 35.5 Å². The van der Waals surface area contributed by atoms with Gasteiger partial charge in [-0.3, -0.25) is 0 Å². The van der Waals surface area contributed by atoms with E-state index in [1.807, 2.05) is 59.3 Å². The predicted octanol–water partition coefficient (Wildman–Crippen LogP) is 4.32. The Kier molecular flexibility index (Phi) is 5.29. The fraction of sp³-hybridized carbons (Fsp3) is 0.231. The van der Waals surface area contributed by atoms with Gasteiger partial charge in [-0.2, -0.15) is 0 Å². The second-order valence-electron chi connectivity index (χ2n) is 8.77. The molecule has 1 aliphatic rings. The zero-order valence-corrected chi connectivity index (χ0v) is 19.3. The maximum atomic E-state index is 12.6. The zero-order valence-electron chi connectivity index (χ0n) is 19.3. The molecule has 0 bridgehead atoms. The summed E-state index contributed by atoms with van der Waals surface area (Å²) in [6.07, 6.45) is 5.83. The number of amides is 1. The number of ether oxygens (including phenoxy) is 1. The van der Waals surface area contributed by atoms with Crippen molar-refractivity contribution in [1.82, 2.24) is 34.4 Å². The van der Waals surface area contributed by atoms with E-state index in [0.29, 0.717) is 19.5 Å². The number of carbonyl (C=O) groups excluding carboxylic acids is 1. The highest BCUT2D eigenvalue weighted by Crippen LogP contribution is 2.26. The first kappa shape index (κ1) is 21.2. The Labute approximate surface area is 201 Å². The number of hydrogen-bond acceptors (Lipinski definition) is 5. The van der Waals surface area contributed by atoms with Crippen molar-refractivity contribution in [2.45, 2.75) is 32.4 Å².